The second-order valence-corrected chi connectivity index (χ2v) is 4.88. The van der Waals surface area contributed by atoms with Gasteiger partial charge in [0.05, 0.1) is 6.21 Å². The van der Waals surface area contributed by atoms with E-state index < -0.39 is 34.8 Å². The Labute approximate surface area is 138 Å². The van der Waals surface area contributed by atoms with Gasteiger partial charge in [0.15, 0.2) is 23.3 Å². The van der Waals surface area contributed by atoms with Crippen LogP contribution in [0.1, 0.15) is 5.76 Å². The van der Waals surface area contributed by atoms with Crippen molar-refractivity contribution in [2.45, 2.75) is 0 Å². The molecule has 1 heterocycles. The Hall–Kier alpha value is -3.16. The number of hydrogen-bond acceptors (Lipinski definition) is 3. The van der Waals surface area contributed by atoms with Crippen LogP contribution >= 0.6 is 0 Å². The number of halogens is 5. The van der Waals surface area contributed by atoms with E-state index in [0.717, 1.165) is 11.8 Å². The normalized spacial score (nSPS) is 11.2. The number of anilines is 1. The molecule has 0 saturated heterocycles. The third-order valence-corrected chi connectivity index (χ3v) is 3.26. The van der Waals surface area contributed by atoms with Crippen molar-refractivity contribution in [1.82, 2.24) is 0 Å². The van der Waals surface area contributed by atoms with Gasteiger partial charge in [0.2, 0.25) is 5.82 Å². The first kappa shape index (κ1) is 16.7. The average Bonchev–Trinajstić information content (AvgIpc) is 3.11. The molecule has 0 aliphatic carbocycles. The van der Waals surface area contributed by atoms with Crippen molar-refractivity contribution >= 4 is 11.9 Å². The van der Waals surface area contributed by atoms with Crippen molar-refractivity contribution in [3.05, 3.63) is 77.3 Å². The van der Waals surface area contributed by atoms with Crippen LogP contribution in [-0.4, -0.2) is 6.21 Å². The highest BCUT2D eigenvalue weighted by Crippen LogP contribution is 2.27. The maximum atomic E-state index is 13.5. The summed E-state index contributed by atoms with van der Waals surface area (Å²) in [6, 6.07) is 12.3. The van der Waals surface area contributed by atoms with Crippen molar-refractivity contribution in [3.63, 3.8) is 0 Å². The Kier molecular flexibility index (Phi) is 4.51. The third-order valence-electron chi connectivity index (χ3n) is 3.26. The Morgan fingerprint density at radius 1 is 0.760 bits per heavy atom. The molecule has 8 heteroatoms. The molecular weight excluding hydrogens is 343 g/mol. The SMILES string of the molecule is Fc1c(F)c(F)c(NN=Cc2ccc(-c3ccccc3)o2)c(F)c1F. The Morgan fingerprint density at radius 2 is 1.36 bits per heavy atom. The molecule has 0 saturated carbocycles. The van der Waals surface area contributed by atoms with E-state index in [4.69, 9.17) is 4.42 Å². The summed E-state index contributed by atoms with van der Waals surface area (Å²) in [5.74, 6) is -9.60. The molecule has 3 rings (SSSR count). The Bertz CT molecular complexity index is 909. The van der Waals surface area contributed by atoms with Crippen LogP contribution in [0, 0.1) is 29.1 Å². The highest BCUT2D eigenvalue weighted by molar-refractivity contribution is 5.78. The minimum Gasteiger partial charge on any atom is -0.455 e. The van der Waals surface area contributed by atoms with Gasteiger partial charge in [-0.15, -0.1) is 0 Å². The van der Waals surface area contributed by atoms with Gasteiger partial charge >= 0.3 is 0 Å². The molecule has 1 N–H and O–H groups in total. The molecule has 128 valence electrons. The van der Waals surface area contributed by atoms with Crippen LogP contribution in [-0.2, 0) is 0 Å². The van der Waals surface area contributed by atoms with E-state index in [1.165, 1.54) is 6.07 Å². The second-order valence-electron chi connectivity index (χ2n) is 4.88. The monoisotopic (exact) mass is 352 g/mol. The Morgan fingerprint density at radius 3 is 2.00 bits per heavy atom. The molecule has 0 unspecified atom stereocenters. The van der Waals surface area contributed by atoms with Crippen molar-refractivity contribution < 1.29 is 26.4 Å². The van der Waals surface area contributed by atoms with Crippen molar-refractivity contribution in [2.75, 3.05) is 5.43 Å². The summed E-state index contributed by atoms with van der Waals surface area (Å²) in [5.41, 5.74) is 1.35. The minimum absolute atomic E-state index is 0.218. The molecular formula is C17H9F5N2O. The number of nitrogens with one attached hydrogen (secondary N) is 1. The lowest BCUT2D eigenvalue weighted by atomic mass is 10.2. The number of hydrazone groups is 1. The predicted molar refractivity (Wildman–Crippen MR) is 81.6 cm³/mol. The predicted octanol–water partition coefficient (Wildman–Crippen LogP) is 5.09. The zero-order valence-corrected chi connectivity index (χ0v) is 12.4. The molecule has 0 bridgehead atoms. The van der Waals surface area contributed by atoms with Gasteiger partial charge in [-0.3, -0.25) is 5.43 Å². The fourth-order valence-electron chi connectivity index (χ4n) is 2.04. The van der Waals surface area contributed by atoms with E-state index in [9.17, 15) is 22.0 Å². The van der Waals surface area contributed by atoms with Gasteiger partial charge < -0.3 is 4.42 Å². The molecule has 0 aliphatic heterocycles. The van der Waals surface area contributed by atoms with Gasteiger partial charge in [-0.2, -0.15) is 5.10 Å². The largest absolute Gasteiger partial charge is 0.455 e. The summed E-state index contributed by atoms with van der Waals surface area (Å²) in [7, 11) is 0. The number of nitrogens with zero attached hydrogens (tertiary/aromatic N) is 1. The van der Waals surface area contributed by atoms with Crippen LogP contribution in [0.3, 0.4) is 0 Å². The molecule has 25 heavy (non-hydrogen) atoms. The number of furan rings is 1. The minimum atomic E-state index is -2.23. The van der Waals surface area contributed by atoms with E-state index in [-0.39, 0.29) is 5.76 Å². The van der Waals surface area contributed by atoms with E-state index in [2.05, 4.69) is 5.10 Å². The van der Waals surface area contributed by atoms with E-state index in [1.54, 1.807) is 11.5 Å². The van der Waals surface area contributed by atoms with E-state index in [0.29, 0.717) is 5.76 Å². The molecule has 3 nitrogen and oxygen atoms in total. The first-order valence-electron chi connectivity index (χ1n) is 6.95. The summed E-state index contributed by atoms with van der Waals surface area (Å²) < 4.78 is 71.5. The van der Waals surface area contributed by atoms with Gasteiger partial charge in [-0.25, -0.2) is 22.0 Å². The van der Waals surface area contributed by atoms with Gasteiger partial charge in [0.1, 0.15) is 17.2 Å². The highest BCUT2D eigenvalue weighted by Gasteiger charge is 2.25. The zero-order valence-electron chi connectivity index (χ0n) is 12.4. The lowest BCUT2D eigenvalue weighted by Gasteiger charge is -2.06. The quantitative estimate of drug-likeness (QED) is 0.234. The lowest BCUT2D eigenvalue weighted by molar-refractivity contribution is 0.381. The average molecular weight is 352 g/mol. The molecule has 3 aromatic rings. The number of rotatable bonds is 4. The smallest absolute Gasteiger partial charge is 0.200 e. The molecule has 1 aromatic heterocycles. The van der Waals surface area contributed by atoms with Gasteiger partial charge in [0.25, 0.3) is 0 Å². The first-order valence-corrected chi connectivity index (χ1v) is 6.95. The van der Waals surface area contributed by atoms with Crippen molar-refractivity contribution in [3.8, 4) is 11.3 Å². The maximum Gasteiger partial charge on any atom is 0.200 e. The molecule has 0 atom stereocenters. The van der Waals surface area contributed by atoms with Gasteiger partial charge in [0, 0.05) is 5.56 Å². The fraction of sp³-hybridized carbons (Fsp3) is 0. The van der Waals surface area contributed by atoms with Crippen LogP contribution in [0.15, 0.2) is 52.0 Å². The van der Waals surface area contributed by atoms with Crippen LogP contribution in [0.5, 0.6) is 0 Å². The molecule has 0 radical (unpaired) electrons. The first-order chi connectivity index (χ1) is 12.0. The second kappa shape index (κ2) is 6.76. The molecule has 0 spiro atoms. The summed E-state index contributed by atoms with van der Waals surface area (Å²) in [4.78, 5) is 0. The standard InChI is InChI=1S/C17H9F5N2O/c18-12-13(19)15(21)17(16(22)14(12)20)24-23-8-10-6-7-11(25-10)9-4-2-1-3-5-9/h1-8,24H. The maximum absolute atomic E-state index is 13.5. The third kappa shape index (κ3) is 3.23. The number of benzene rings is 2. The highest BCUT2D eigenvalue weighted by atomic mass is 19.2. The van der Waals surface area contributed by atoms with E-state index in [1.807, 2.05) is 30.3 Å². The van der Waals surface area contributed by atoms with Crippen LogP contribution < -0.4 is 5.43 Å². The molecule has 0 amide bonds. The zero-order chi connectivity index (χ0) is 18.0. The topological polar surface area (TPSA) is 37.5 Å². The lowest BCUT2D eigenvalue weighted by Crippen LogP contribution is -2.06. The molecule has 0 fully saturated rings. The summed E-state index contributed by atoms with van der Waals surface area (Å²) in [6.45, 7) is 0. The molecule has 0 aliphatic rings. The molecule has 2 aromatic carbocycles. The van der Waals surface area contributed by atoms with Gasteiger partial charge in [-0.1, -0.05) is 30.3 Å². The van der Waals surface area contributed by atoms with Crippen LogP contribution in [0.25, 0.3) is 11.3 Å². The van der Waals surface area contributed by atoms with E-state index >= 15 is 0 Å². The van der Waals surface area contributed by atoms with Gasteiger partial charge in [-0.05, 0) is 12.1 Å². The number of hydrogen-bond donors (Lipinski definition) is 1. The Balaban J connectivity index is 1.80. The fourth-order valence-corrected chi connectivity index (χ4v) is 2.04. The van der Waals surface area contributed by atoms with Crippen LogP contribution in [0.4, 0.5) is 27.6 Å². The van der Waals surface area contributed by atoms with Crippen molar-refractivity contribution in [2.24, 2.45) is 5.10 Å². The summed E-state index contributed by atoms with van der Waals surface area (Å²) >= 11 is 0. The van der Waals surface area contributed by atoms with Crippen LogP contribution in [0.2, 0.25) is 0 Å². The summed E-state index contributed by atoms with van der Waals surface area (Å²) in [5, 5.41) is 3.45. The van der Waals surface area contributed by atoms with Crippen molar-refractivity contribution in [1.29, 1.82) is 0 Å². The summed E-state index contributed by atoms with van der Waals surface area (Å²) in [6.07, 6.45) is 1.05.